The molecule has 0 spiro atoms. The van der Waals surface area contributed by atoms with Gasteiger partial charge in [-0.15, -0.1) is 10.2 Å². The minimum absolute atomic E-state index is 0.0265. The number of nitrogens with zero attached hydrogens (tertiary/aromatic N) is 2. The predicted octanol–water partition coefficient (Wildman–Crippen LogP) is 2.17. The van der Waals surface area contributed by atoms with Crippen molar-refractivity contribution in [3.05, 3.63) is 47.7 Å². The van der Waals surface area contributed by atoms with Crippen molar-refractivity contribution < 1.29 is 13.9 Å². The Kier molecular flexibility index (Phi) is 5.37. The molecule has 0 saturated heterocycles. The van der Waals surface area contributed by atoms with Gasteiger partial charge in [0.15, 0.2) is 5.92 Å². The molecule has 0 aliphatic rings. The number of aromatic nitrogens is 2. The zero-order chi connectivity index (χ0) is 15.9. The van der Waals surface area contributed by atoms with Crippen molar-refractivity contribution in [1.82, 2.24) is 10.2 Å². The summed E-state index contributed by atoms with van der Waals surface area (Å²) in [5.41, 5.74) is 6.54. The van der Waals surface area contributed by atoms with Gasteiger partial charge in [-0.25, -0.2) is 0 Å². The van der Waals surface area contributed by atoms with Gasteiger partial charge in [0, 0.05) is 6.08 Å². The molecule has 22 heavy (non-hydrogen) atoms. The largest absolute Gasteiger partial charge is 0.465 e. The van der Waals surface area contributed by atoms with E-state index >= 15 is 0 Å². The van der Waals surface area contributed by atoms with Crippen molar-refractivity contribution in [2.24, 2.45) is 5.73 Å². The number of nitrogens with two attached hydrogens (primary N) is 1. The molecule has 2 rings (SSSR count). The van der Waals surface area contributed by atoms with E-state index in [0.717, 1.165) is 5.56 Å². The van der Waals surface area contributed by atoms with Crippen LogP contribution in [0.5, 0.6) is 0 Å². The Morgan fingerprint density at radius 2 is 2.09 bits per heavy atom. The Bertz CT molecular complexity index is 682. The molecule has 1 atom stereocenters. The highest BCUT2D eigenvalue weighted by atomic mass is 32.1. The van der Waals surface area contributed by atoms with E-state index in [2.05, 4.69) is 10.2 Å². The number of benzene rings is 1. The standard InChI is InChI=1S/C15H15N3O3S/c1-2-20-15(19)12(13(16)22)14-18-17-11(21-14)9-8-10-6-4-3-5-7-10/h3-9,12H,2H2,1H3,(H2,16,22)/b9-8+. The van der Waals surface area contributed by atoms with Gasteiger partial charge in [-0.1, -0.05) is 42.5 Å². The van der Waals surface area contributed by atoms with E-state index in [4.69, 9.17) is 27.1 Å². The molecular weight excluding hydrogens is 302 g/mol. The summed E-state index contributed by atoms with van der Waals surface area (Å²) in [4.78, 5) is 11.8. The number of carbonyl (C=O) groups excluding carboxylic acids is 1. The monoisotopic (exact) mass is 317 g/mol. The Morgan fingerprint density at radius 3 is 2.73 bits per heavy atom. The van der Waals surface area contributed by atoms with Crippen LogP contribution in [0, 0.1) is 0 Å². The third-order valence-corrected chi connectivity index (χ3v) is 2.96. The van der Waals surface area contributed by atoms with Gasteiger partial charge in [-0.3, -0.25) is 4.79 Å². The summed E-state index contributed by atoms with van der Waals surface area (Å²) in [7, 11) is 0. The minimum atomic E-state index is -1.03. The molecule has 114 valence electrons. The van der Waals surface area contributed by atoms with Crippen LogP contribution >= 0.6 is 12.2 Å². The zero-order valence-electron chi connectivity index (χ0n) is 11.9. The average molecular weight is 317 g/mol. The van der Waals surface area contributed by atoms with Crippen molar-refractivity contribution >= 4 is 35.3 Å². The number of esters is 1. The second kappa shape index (κ2) is 7.46. The first-order valence-electron chi connectivity index (χ1n) is 6.64. The summed E-state index contributed by atoms with van der Waals surface area (Å²) >= 11 is 4.87. The van der Waals surface area contributed by atoms with E-state index in [9.17, 15) is 4.79 Å². The Morgan fingerprint density at radius 1 is 1.36 bits per heavy atom. The van der Waals surface area contributed by atoms with E-state index in [0.29, 0.717) is 0 Å². The van der Waals surface area contributed by atoms with Gasteiger partial charge in [0.25, 0.3) is 0 Å². The summed E-state index contributed by atoms with van der Waals surface area (Å²) in [5, 5.41) is 7.67. The summed E-state index contributed by atoms with van der Waals surface area (Å²) in [6.45, 7) is 1.91. The maximum atomic E-state index is 11.8. The molecular formula is C15H15N3O3S. The lowest BCUT2D eigenvalue weighted by atomic mass is 10.1. The number of ether oxygens (including phenoxy) is 1. The molecule has 7 heteroatoms. The van der Waals surface area contributed by atoms with Gasteiger partial charge >= 0.3 is 5.97 Å². The smallest absolute Gasteiger partial charge is 0.325 e. The minimum Gasteiger partial charge on any atom is -0.465 e. The molecule has 2 N–H and O–H groups in total. The molecule has 0 bridgehead atoms. The van der Waals surface area contributed by atoms with Gasteiger partial charge in [0.1, 0.15) is 0 Å². The highest BCUT2D eigenvalue weighted by molar-refractivity contribution is 7.80. The third kappa shape index (κ3) is 3.98. The first-order chi connectivity index (χ1) is 10.6. The SMILES string of the molecule is CCOC(=O)C(C(N)=S)c1nnc(/C=C/c2ccccc2)o1. The van der Waals surface area contributed by atoms with Crippen molar-refractivity contribution in [3.63, 3.8) is 0 Å². The van der Waals surface area contributed by atoms with Crippen LogP contribution in [0.25, 0.3) is 12.2 Å². The molecule has 1 unspecified atom stereocenters. The number of hydrogen-bond donors (Lipinski definition) is 1. The van der Waals surface area contributed by atoms with Crippen LogP contribution in [-0.2, 0) is 9.53 Å². The molecule has 0 aliphatic carbocycles. The van der Waals surface area contributed by atoms with Crippen molar-refractivity contribution in [2.75, 3.05) is 6.61 Å². The van der Waals surface area contributed by atoms with E-state index in [-0.39, 0.29) is 23.4 Å². The fourth-order valence-corrected chi connectivity index (χ4v) is 1.92. The molecule has 6 nitrogen and oxygen atoms in total. The van der Waals surface area contributed by atoms with E-state index in [1.165, 1.54) is 0 Å². The van der Waals surface area contributed by atoms with Gasteiger partial charge in [-0.2, -0.15) is 0 Å². The number of thiocarbonyl (C=S) groups is 1. The van der Waals surface area contributed by atoms with Crippen LogP contribution in [0.4, 0.5) is 0 Å². The maximum Gasteiger partial charge on any atom is 0.325 e. The number of rotatable bonds is 6. The van der Waals surface area contributed by atoms with Crippen LogP contribution in [-0.4, -0.2) is 27.8 Å². The van der Waals surface area contributed by atoms with Crippen LogP contribution in [0.2, 0.25) is 0 Å². The zero-order valence-corrected chi connectivity index (χ0v) is 12.7. The molecule has 1 aromatic heterocycles. The van der Waals surface area contributed by atoms with Gasteiger partial charge in [-0.05, 0) is 18.6 Å². The second-order valence-electron chi connectivity index (χ2n) is 4.31. The molecule has 0 radical (unpaired) electrons. The first kappa shape index (κ1) is 15.8. The number of hydrogen-bond acceptors (Lipinski definition) is 6. The Balaban J connectivity index is 2.17. The maximum absolute atomic E-state index is 11.8. The van der Waals surface area contributed by atoms with Crippen LogP contribution < -0.4 is 5.73 Å². The summed E-state index contributed by atoms with van der Waals surface area (Å²) in [6, 6.07) is 9.63. The predicted molar refractivity (Wildman–Crippen MR) is 85.8 cm³/mol. The molecule has 0 fully saturated rings. The number of carbonyl (C=O) groups is 1. The van der Waals surface area contributed by atoms with E-state index < -0.39 is 11.9 Å². The average Bonchev–Trinajstić information content (AvgIpc) is 2.95. The van der Waals surface area contributed by atoms with Crippen LogP contribution in [0.15, 0.2) is 34.7 Å². The summed E-state index contributed by atoms with van der Waals surface area (Å²) in [5.74, 6) is -1.35. The molecule has 0 saturated carbocycles. The fourth-order valence-electron chi connectivity index (χ4n) is 1.73. The summed E-state index contributed by atoms with van der Waals surface area (Å²) in [6.07, 6.45) is 3.46. The normalized spacial score (nSPS) is 12.2. The molecule has 1 aromatic carbocycles. The van der Waals surface area contributed by atoms with E-state index in [1.807, 2.05) is 36.4 Å². The molecule has 2 aromatic rings. The lowest BCUT2D eigenvalue weighted by Gasteiger charge is -2.09. The van der Waals surface area contributed by atoms with Crippen molar-refractivity contribution in [2.45, 2.75) is 12.8 Å². The quantitative estimate of drug-likeness (QED) is 0.645. The fraction of sp³-hybridized carbons (Fsp3) is 0.200. The van der Waals surface area contributed by atoms with E-state index in [1.54, 1.807) is 13.0 Å². The lowest BCUT2D eigenvalue weighted by molar-refractivity contribution is -0.143. The van der Waals surface area contributed by atoms with Crippen molar-refractivity contribution in [3.8, 4) is 0 Å². The van der Waals surface area contributed by atoms with Crippen LogP contribution in [0.1, 0.15) is 30.2 Å². The van der Waals surface area contributed by atoms with Gasteiger partial charge in [0.05, 0.1) is 11.6 Å². The second-order valence-corrected chi connectivity index (χ2v) is 4.78. The van der Waals surface area contributed by atoms with Crippen LogP contribution in [0.3, 0.4) is 0 Å². The third-order valence-electron chi connectivity index (χ3n) is 2.73. The summed E-state index contributed by atoms with van der Waals surface area (Å²) < 4.78 is 10.3. The Labute approximate surface area is 133 Å². The molecule has 0 amide bonds. The van der Waals surface area contributed by atoms with Gasteiger partial charge in [0.2, 0.25) is 11.8 Å². The highest BCUT2D eigenvalue weighted by Gasteiger charge is 2.30. The Hall–Kier alpha value is -2.54. The highest BCUT2D eigenvalue weighted by Crippen LogP contribution is 2.18. The lowest BCUT2D eigenvalue weighted by Crippen LogP contribution is -2.28. The molecule has 0 aliphatic heterocycles. The first-order valence-corrected chi connectivity index (χ1v) is 7.05. The van der Waals surface area contributed by atoms with Gasteiger partial charge < -0.3 is 14.9 Å². The molecule has 1 heterocycles. The topological polar surface area (TPSA) is 91.2 Å². The van der Waals surface area contributed by atoms with Crippen molar-refractivity contribution in [1.29, 1.82) is 0 Å².